The molecular formula is C15H28N4S. The first kappa shape index (κ1) is 15.9. The summed E-state index contributed by atoms with van der Waals surface area (Å²) in [6.45, 7) is 8.84. The average molecular weight is 296 g/mol. The zero-order valence-electron chi connectivity index (χ0n) is 13.2. The van der Waals surface area contributed by atoms with E-state index in [4.69, 9.17) is 0 Å². The van der Waals surface area contributed by atoms with Crippen LogP contribution in [0.3, 0.4) is 0 Å². The molecule has 20 heavy (non-hydrogen) atoms. The second-order valence-electron chi connectivity index (χ2n) is 5.95. The second-order valence-corrected chi connectivity index (χ2v) is 7.01. The first-order valence-electron chi connectivity index (χ1n) is 7.61. The fraction of sp³-hybridized carbons (Fsp3) is 0.800. The SMILES string of the molecule is CCNC(Cc1csc(C)n1)CC1CN(C)CCN1C. The van der Waals surface area contributed by atoms with Crippen molar-refractivity contribution in [2.75, 3.05) is 40.3 Å². The summed E-state index contributed by atoms with van der Waals surface area (Å²) in [4.78, 5) is 9.57. The molecule has 0 saturated carbocycles. The molecule has 1 N–H and O–H groups in total. The van der Waals surface area contributed by atoms with E-state index in [-0.39, 0.29) is 0 Å². The summed E-state index contributed by atoms with van der Waals surface area (Å²) < 4.78 is 0. The fourth-order valence-electron chi connectivity index (χ4n) is 2.97. The molecule has 4 nitrogen and oxygen atoms in total. The van der Waals surface area contributed by atoms with E-state index in [0.29, 0.717) is 12.1 Å². The lowest BCUT2D eigenvalue weighted by atomic mass is 10.00. The van der Waals surface area contributed by atoms with Crippen LogP contribution in [0, 0.1) is 6.92 Å². The molecule has 1 aliphatic heterocycles. The van der Waals surface area contributed by atoms with Gasteiger partial charge in [-0.25, -0.2) is 4.98 Å². The lowest BCUT2D eigenvalue weighted by molar-refractivity contribution is 0.101. The van der Waals surface area contributed by atoms with Crippen LogP contribution < -0.4 is 5.32 Å². The van der Waals surface area contributed by atoms with Crippen LogP contribution in [0.5, 0.6) is 0 Å². The van der Waals surface area contributed by atoms with E-state index in [9.17, 15) is 0 Å². The summed E-state index contributed by atoms with van der Waals surface area (Å²) >= 11 is 1.75. The van der Waals surface area contributed by atoms with Crippen LogP contribution in [-0.4, -0.2) is 67.1 Å². The molecular weight excluding hydrogens is 268 g/mol. The zero-order chi connectivity index (χ0) is 14.5. The molecule has 1 aliphatic rings. The zero-order valence-corrected chi connectivity index (χ0v) is 14.0. The predicted molar refractivity (Wildman–Crippen MR) is 86.6 cm³/mol. The van der Waals surface area contributed by atoms with Gasteiger partial charge in [0.05, 0.1) is 10.7 Å². The third kappa shape index (κ3) is 4.52. The van der Waals surface area contributed by atoms with Gasteiger partial charge in [-0.05, 0) is 34.0 Å². The number of aromatic nitrogens is 1. The minimum Gasteiger partial charge on any atom is -0.314 e. The minimum atomic E-state index is 0.528. The number of nitrogens with one attached hydrogen (secondary N) is 1. The number of rotatable bonds is 6. The highest BCUT2D eigenvalue weighted by atomic mass is 32.1. The molecule has 114 valence electrons. The molecule has 1 fully saturated rings. The van der Waals surface area contributed by atoms with Crippen LogP contribution in [0.15, 0.2) is 5.38 Å². The molecule has 0 amide bonds. The maximum atomic E-state index is 4.61. The van der Waals surface area contributed by atoms with E-state index in [1.165, 1.54) is 36.8 Å². The number of thiazole rings is 1. The predicted octanol–water partition coefficient (Wildman–Crippen LogP) is 1.61. The summed E-state index contributed by atoms with van der Waals surface area (Å²) in [5.74, 6) is 0. The molecule has 1 saturated heterocycles. The molecule has 0 aromatic carbocycles. The van der Waals surface area contributed by atoms with Gasteiger partial charge in [-0.15, -0.1) is 11.3 Å². The summed E-state index contributed by atoms with van der Waals surface area (Å²) in [5, 5.41) is 7.02. The molecule has 0 radical (unpaired) electrons. The smallest absolute Gasteiger partial charge is 0.0897 e. The van der Waals surface area contributed by atoms with Crippen LogP contribution in [0.25, 0.3) is 0 Å². The van der Waals surface area contributed by atoms with Crippen LogP contribution in [0.1, 0.15) is 24.0 Å². The van der Waals surface area contributed by atoms with Crippen molar-refractivity contribution >= 4 is 11.3 Å². The van der Waals surface area contributed by atoms with E-state index < -0.39 is 0 Å². The first-order valence-corrected chi connectivity index (χ1v) is 8.49. The minimum absolute atomic E-state index is 0.528. The molecule has 0 bridgehead atoms. The molecule has 2 unspecified atom stereocenters. The third-order valence-electron chi connectivity index (χ3n) is 4.15. The highest BCUT2D eigenvalue weighted by Gasteiger charge is 2.25. The van der Waals surface area contributed by atoms with Crippen molar-refractivity contribution in [1.82, 2.24) is 20.1 Å². The number of hydrogen-bond acceptors (Lipinski definition) is 5. The largest absolute Gasteiger partial charge is 0.314 e. The van der Waals surface area contributed by atoms with E-state index in [2.05, 4.69) is 53.4 Å². The molecule has 5 heteroatoms. The number of nitrogens with zero attached hydrogens (tertiary/aromatic N) is 3. The van der Waals surface area contributed by atoms with Crippen LogP contribution in [0.4, 0.5) is 0 Å². The summed E-state index contributed by atoms with van der Waals surface area (Å²) in [6, 6.07) is 1.18. The average Bonchev–Trinajstić information content (AvgIpc) is 2.79. The van der Waals surface area contributed by atoms with Crippen LogP contribution in [-0.2, 0) is 6.42 Å². The standard InChI is InChI=1S/C15H28N4S/c1-5-16-13(8-14-11-20-12(2)17-14)9-15-10-18(3)6-7-19(15)4/h11,13,15-16H,5-10H2,1-4H3. The number of likely N-dealkylation sites (N-methyl/N-ethyl adjacent to an activating group) is 3. The van der Waals surface area contributed by atoms with E-state index in [1.54, 1.807) is 11.3 Å². The van der Waals surface area contributed by atoms with Gasteiger partial charge in [0.1, 0.15) is 0 Å². The van der Waals surface area contributed by atoms with E-state index in [0.717, 1.165) is 13.0 Å². The number of piperazine rings is 1. The maximum absolute atomic E-state index is 4.61. The fourth-order valence-corrected chi connectivity index (χ4v) is 3.59. The van der Waals surface area contributed by atoms with Gasteiger partial charge in [0.2, 0.25) is 0 Å². The van der Waals surface area contributed by atoms with E-state index in [1.807, 2.05) is 0 Å². The van der Waals surface area contributed by atoms with Crippen molar-refractivity contribution in [2.24, 2.45) is 0 Å². The molecule has 0 spiro atoms. The van der Waals surface area contributed by atoms with Gasteiger partial charge in [-0.1, -0.05) is 6.92 Å². The van der Waals surface area contributed by atoms with Crippen molar-refractivity contribution in [3.05, 3.63) is 16.1 Å². The Morgan fingerprint density at radius 3 is 2.90 bits per heavy atom. The van der Waals surface area contributed by atoms with Gasteiger partial charge in [0.25, 0.3) is 0 Å². The second kappa shape index (κ2) is 7.50. The Morgan fingerprint density at radius 2 is 2.25 bits per heavy atom. The highest BCUT2D eigenvalue weighted by molar-refractivity contribution is 7.09. The Balaban J connectivity index is 1.93. The Labute approximate surface area is 127 Å². The topological polar surface area (TPSA) is 31.4 Å². The highest BCUT2D eigenvalue weighted by Crippen LogP contribution is 2.16. The summed E-state index contributed by atoms with van der Waals surface area (Å²) in [7, 11) is 4.49. The van der Waals surface area contributed by atoms with Gasteiger partial charge in [0, 0.05) is 43.5 Å². The van der Waals surface area contributed by atoms with Crippen molar-refractivity contribution in [1.29, 1.82) is 0 Å². The van der Waals surface area contributed by atoms with Gasteiger partial charge >= 0.3 is 0 Å². The van der Waals surface area contributed by atoms with E-state index >= 15 is 0 Å². The Bertz CT molecular complexity index is 406. The van der Waals surface area contributed by atoms with Crippen molar-refractivity contribution in [3.8, 4) is 0 Å². The Morgan fingerprint density at radius 1 is 1.45 bits per heavy atom. The molecule has 2 rings (SSSR count). The maximum Gasteiger partial charge on any atom is 0.0897 e. The first-order chi connectivity index (χ1) is 9.58. The van der Waals surface area contributed by atoms with Gasteiger partial charge < -0.3 is 15.1 Å². The molecule has 0 aliphatic carbocycles. The monoisotopic (exact) mass is 296 g/mol. The molecule has 2 heterocycles. The van der Waals surface area contributed by atoms with Gasteiger partial charge in [-0.2, -0.15) is 0 Å². The molecule has 1 aromatic heterocycles. The quantitative estimate of drug-likeness (QED) is 0.864. The molecule has 2 atom stereocenters. The lowest BCUT2D eigenvalue weighted by Crippen LogP contribution is -2.52. The number of aryl methyl sites for hydroxylation is 1. The summed E-state index contributed by atoms with van der Waals surface area (Å²) in [5.41, 5.74) is 1.24. The number of hydrogen-bond donors (Lipinski definition) is 1. The third-order valence-corrected chi connectivity index (χ3v) is 4.97. The van der Waals surface area contributed by atoms with Gasteiger partial charge in [0.15, 0.2) is 0 Å². The van der Waals surface area contributed by atoms with Crippen LogP contribution >= 0.6 is 11.3 Å². The van der Waals surface area contributed by atoms with Crippen molar-refractivity contribution in [2.45, 2.75) is 38.8 Å². The van der Waals surface area contributed by atoms with Gasteiger partial charge in [-0.3, -0.25) is 0 Å². The van der Waals surface area contributed by atoms with Crippen molar-refractivity contribution < 1.29 is 0 Å². The Hall–Kier alpha value is -0.490. The lowest BCUT2D eigenvalue weighted by Gasteiger charge is -2.39. The van der Waals surface area contributed by atoms with Crippen LogP contribution in [0.2, 0.25) is 0 Å². The normalized spacial score (nSPS) is 23.1. The molecule has 1 aromatic rings. The summed E-state index contributed by atoms with van der Waals surface area (Å²) in [6.07, 6.45) is 2.25. The van der Waals surface area contributed by atoms with Crippen molar-refractivity contribution in [3.63, 3.8) is 0 Å². The Kier molecular flexibility index (Phi) is 5.96.